The highest BCUT2D eigenvalue weighted by Gasteiger charge is 2.28. The quantitative estimate of drug-likeness (QED) is 0.127. The molecule has 4 atom stereocenters. The van der Waals surface area contributed by atoms with E-state index in [0.29, 0.717) is 56.9 Å². The van der Waals surface area contributed by atoms with Gasteiger partial charge in [-0.1, -0.05) is 107 Å². The lowest BCUT2D eigenvalue weighted by molar-refractivity contribution is -0.139. The summed E-state index contributed by atoms with van der Waals surface area (Å²) >= 11 is 24.4. The van der Waals surface area contributed by atoms with E-state index in [1.807, 2.05) is 38.4 Å². The maximum atomic E-state index is 9.90. The van der Waals surface area contributed by atoms with Crippen LogP contribution in [0.1, 0.15) is 109 Å². The van der Waals surface area contributed by atoms with Gasteiger partial charge in [0.25, 0.3) is 0 Å². The Hall–Kier alpha value is -3.10. The summed E-state index contributed by atoms with van der Waals surface area (Å²) in [6.07, 6.45) is 5.54. The van der Waals surface area contributed by atoms with Crippen LogP contribution in [-0.4, -0.2) is 36.2 Å². The van der Waals surface area contributed by atoms with Gasteiger partial charge in [-0.05, 0) is 110 Å². The summed E-state index contributed by atoms with van der Waals surface area (Å²) in [5.74, 6) is -0.924. The molecule has 0 spiro atoms. The second-order valence-corrected chi connectivity index (χ2v) is 14.2. The molecule has 0 radical (unpaired) electrons. The number of carbonyl (C=O) groups is 2. The van der Waals surface area contributed by atoms with E-state index >= 15 is 0 Å². The minimum Gasteiger partial charge on any atom is -0.481 e. The number of halogens is 4. The lowest BCUT2D eigenvalue weighted by Crippen LogP contribution is -2.24. The molecule has 4 N–H and O–H groups in total. The van der Waals surface area contributed by atoms with Gasteiger partial charge in [0.1, 0.15) is 0 Å². The fourth-order valence-electron chi connectivity index (χ4n) is 6.88. The van der Waals surface area contributed by atoms with Crippen molar-refractivity contribution in [3.05, 3.63) is 138 Å². The van der Waals surface area contributed by atoms with Gasteiger partial charge in [-0.25, -0.2) is 0 Å². The molecule has 0 amide bonds. The first-order valence-corrected chi connectivity index (χ1v) is 18.4. The van der Waals surface area contributed by atoms with Crippen LogP contribution in [0, 0.1) is 0 Å². The van der Waals surface area contributed by atoms with Gasteiger partial charge in [0.05, 0.1) is 20.1 Å². The number of hydrogen-bond acceptors (Lipinski definition) is 4. The van der Waals surface area contributed by atoms with E-state index in [9.17, 15) is 9.59 Å². The first-order chi connectivity index (χ1) is 24.0. The first-order valence-electron chi connectivity index (χ1n) is 16.9. The predicted octanol–water partition coefficient (Wildman–Crippen LogP) is 11.1. The number of benzene rings is 4. The van der Waals surface area contributed by atoms with E-state index in [0.717, 1.165) is 25.7 Å². The number of carboxylic acids is 2. The summed E-state index contributed by atoms with van der Waals surface area (Å²) in [6, 6.07) is 30.2. The van der Waals surface area contributed by atoms with E-state index in [-0.39, 0.29) is 12.8 Å². The van der Waals surface area contributed by atoms with Crippen molar-refractivity contribution in [2.45, 2.75) is 75.3 Å². The van der Waals surface area contributed by atoms with Crippen molar-refractivity contribution in [3.8, 4) is 0 Å². The Morgan fingerprint density at radius 1 is 0.560 bits per heavy atom. The zero-order chi connectivity index (χ0) is 36.2. The van der Waals surface area contributed by atoms with Crippen LogP contribution in [0.15, 0.2) is 84.9 Å². The van der Waals surface area contributed by atoms with Crippen molar-refractivity contribution in [1.82, 2.24) is 10.6 Å². The lowest BCUT2D eigenvalue weighted by atomic mass is 9.77. The summed E-state index contributed by atoms with van der Waals surface area (Å²) in [6.45, 7) is 0. The van der Waals surface area contributed by atoms with Gasteiger partial charge in [-0.2, -0.15) is 0 Å². The standard InChI is InChI=1S/2C17H17Cl2N.C6H10O4/c2*1-20-17-9-7-12(13-4-2-3-5-14(13)17)11-6-8-15(18)16(19)10-11;7-5(8)3-1-2-4-6(9)10/h2*2-6,8,10,12,17,20H,7,9H2,1H3;1-4H2,(H,7,8)(H,9,10)/t2*12-,17-;/m00./s1. The third kappa shape index (κ3) is 10.7. The van der Waals surface area contributed by atoms with Crippen LogP contribution in [0.25, 0.3) is 0 Å². The van der Waals surface area contributed by atoms with Crippen molar-refractivity contribution >= 4 is 58.3 Å². The van der Waals surface area contributed by atoms with Gasteiger partial charge in [-0.15, -0.1) is 0 Å². The Labute approximate surface area is 315 Å². The summed E-state index contributed by atoms with van der Waals surface area (Å²) < 4.78 is 0. The molecule has 0 bridgehead atoms. The molecule has 0 unspecified atom stereocenters. The molecule has 6 nitrogen and oxygen atoms in total. The summed E-state index contributed by atoms with van der Waals surface area (Å²) in [5.41, 5.74) is 8.10. The van der Waals surface area contributed by atoms with Gasteiger partial charge >= 0.3 is 11.9 Å². The van der Waals surface area contributed by atoms with Crippen LogP contribution < -0.4 is 10.6 Å². The number of hydrogen-bond donors (Lipinski definition) is 4. The molecule has 0 fully saturated rings. The second kappa shape index (κ2) is 19.5. The SMILES string of the molecule is CN[C@H]1CC[C@@H](c2ccc(Cl)c(Cl)c2)c2ccccc21.CN[C@H]1CC[C@@H](c2ccc(Cl)c(Cl)c2)c2ccccc21.O=C(O)CCCCC(=O)O. The normalized spacial score (nSPS) is 19.1. The first kappa shape index (κ1) is 39.7. The average molecular weight is 759 g/mol. The van der Waals surface area contributed by atoms with Crippen LogP contribution in [0.3, 0.4) is 0 Å². The van der Waals surface area contributed by atoms with Gasteiger partial charge in [-0.3, -0.25) is 9.59 Å². The second-order valence-electron chi connectivity index (χ2n) is 12.5. The largest absolute Gasteiger partial charge is 0.481 e. The predicted molar refractivity (Wildman–Crippen MR) is 205 cm³/mol. The molecule has 0 heterocycles. The van der Waals surface area contributed by atoms with Gasteiger partial charge in [0.2, 0.25) is 0 Å². The van der Waals surface area contributed by atoms with Crippen LogP contribution in [0.5, 0.6) is 0 Å². The molecule has 50 heavy (non-hydrogen) atoms. The van der Waals surface area contributed by atoms with Crippen molar-refractivity contribution in [2.75, 3.05) is 14.1 Å². The smallest absolute Gasteiger partial charge is 0.303 e. The fraction of sp³-hybridized carbons (Fsp3) is 0.350. The molecule has 6 rings (SSSR count). The molecule has 2 aliphatic carbocycles. The Kier molecular flexibility index (Phi) is 15.5. The Morgan fingerprint density at radius 2 is 0.920 bits per heavy atom. The topological polar surface area (TPSA) is 98.7 Å². The molecule has 0 saturated heterocycles. The van der Waals surface area contributed by atoms with Crippen LogP contribution in [-0.2, 0) is 9.59 Å². The zero-order valence-corrected chi connectivity index (χ0v) is 31.3. The van der Waals surface area contributed by atoms with Gasteiger partial charge in [0, 0.05) is 36.8 Å². The highest BCUT2D eigenvalue weighted by molar-refractivity contribution is 6.42. The van der Waals surface area contributed by atoms with E-state index < -0.39 is 11.9 Å². The van der Waals surface area contributed by atoms with Crippen molar-refractivity contribution in [1.29, 1.82) is 0 Å². The highest BCUT2D eigenvalue weighted by atomic mass is 35.5. The Morgan fingerprint density at radius 3 is 1.24 bits per heavy atom. The van der Waals surface area contributed by atoms with Crippen LogP contribution in [0.4, 0.5) is 0 Å². The maximum Gasteiger partial charge on any atom is 0.303 e. The molecule has 4 aromatic carbocycles. The molecule has 266 valence electrons. The molecule has 10 heteroatoms. The molecule has 2 aliphatic rings. The molecular weight excluding hydrogens is 714 g/mol. The van der Waals surface area contributed by atoms with E-state index in [1.54, 1.807) is 0 Å². The molecule has 0 aliphatic heterocycles. The molecule has 0 aromatic heterocycles. The Balaban J connectivity index is 0.000000179. The third-order valence-corrected chi connectivity index (χ3v) is 10.9. The average Bonchev–Trinajstić information content (AvgIpc) is 3.12. The van der Waals surface area contributed by atoms with Crippen molar-refractivity contribution < 1.29 is 19.8 Å². The number of aliphatic carboxylic acids is 2. The van der Waals surface area contributed by atoms with Gasteiger partial charge < -0.3 is 20.8 Å². The van der Waals surface area contributed by atoms with E-state index in [1.165, 1.54) is 33.4 Å². The Bertz CT molecular complexity index is 1620. The zero-order valence-electron chi connectivity index (χ0n) is 28.3. The fourth-order valence-corrected chi connectivity index (χ4v) is 7.50. The summed E-state index contributed by atoms with van der Waals surface area (Å²) in [4.78, 5) is 19.8. The molecule has 0 saturated carbocycles. The number of nitrogens with one attached hydrogen (secondary N) is 2. The molecule has 4 aromatic rings. The number of rotatable bonds is 9. The lowest BCUT2D eigenvalue weighted by Gasteiger charge is -2.32. The maximum absolute atomic E-state index is 9.90. The summed E-state index contributed by atoms with van der Waals surface area (Å²) in [7, 11) is 4.06. The minimum absolute atomic E-state index is 0.0628. The third-order valence-electron chi connectivity index (χ3n) is 9.40. The summed E-state index contributed by atoms with van der Waals surface area (Å²) in [5, 5.41) is 25.6. The van der Waals surface area contributed by atoms with Crippen LogP contribution >= 0.6 is 46.4 Å². The van der Waals surface area contributed by atoms with E-state index in [2.05, 4.69) is 71.3 Å². The van der Waals surface area contributed by atoms with Gasteiger partial charge in [0.15, 0.2) is 0 Å². The number of unbranched alkanes of at least 4 members (excludes halogenated alkanes) is 1. The van der Waals surface area contributed by atoms with Crippen molar-refractivity contribution in [3.63, 3.8) is 0 Å². The minimum atomic E-state index is -0.870. The molecular formula is C40H44Cl4N2O4. The monoisotopic (exact) mass is 756 g/mol. The van der Waals surface area contributed by atoms with E-state index in [4.69, 9.17) is 56.6 Å². The van der Waals surface area contributed by atoms with Crippen LogP contribution in [0.2, 0.25) is 20.1 Å². The van der Waals surface area contributed by atoms with Crippen molar-refractivity contribution in [2.24, 2.45) is 0 Å². The number of carboxylic acid groups (broad SMARTS) is 2. The number of fused-ring (bicyclic) bond motifs is 2. The highest BCUT2D eigenvalue weighted by Crippen LogP contribution is 2.43.